The minimum Gasteiger partial charge on any atom is -0.344 e. The molecule has 2 fully saturated rings. The molecule has 0 saturated carbocycles. The Labute approximate surface area is 127 Å². The van der Waals surface area contributed by atoms with E-state index < -0.39 is 0 Å². The maximum atomic E-state index is 11.4. The van der Waals surface area contributed by atoms with Crippen LogP contribution in [-0.2, 0) is 0 Å². The van der Waals surface area contributed by atoms with Gasteiger partial charge in [0.2, 0.25) is 0 Å². The Morgan fingerprint density at radius 3 is 2.20 bits per heavy atom. The molecule has 2 saturated heterocycles. The SMILES string of the molecule is CSC(=O)NC1CCN(C2CCN(C(C)C)CC2)CC1. The third-order valence-electron chi connectivity index (χ3n) is 4.78. The smallest absolute Gasteiger partial charge is 0.278 e. The summed E-state index contributed by atoms with van der Waals surface area (Å²) in [5.74, 6) is 0. The lowest BCUT2D eigenvalue weighted by molar-refractivity contribution is 0.0737. The van der Waals surface area contributed by atoms with E-state index in [9.17, 15) is 4.79 Å². The summed E-state index contributed by atoms with van der Waals surface area (Å²) >= 11 is 1.28. The maximum absolute atomic E-state index is 11.4. The number of likely N-dealkylation sites (tertiary alicyclic amines) is 2. The normalized spacial score (nSPS) is 24.2. The Hall–Kier alpha value is -0.260. The van der Waals surface area contributed by atoms with Crippen LogP contribution in [0.5, 0.6) is 0 Å². The Kier molecular flexibility index (Phi) is 6.18. The van der Waals surface area contributed by atoms with E-state index in [1.54, 1.807) is 0 Å². The molecule has 5 heteroatoms. The molecule has 0 spiro atoms. The van der Waals surface area contributed by atoms with Crippen molar-refractivity contribution in [1.82, 2.24) is 15.1 Å². The molecule has 0 unspecified atom stereocenters. The van der Waals surface area contributed by atoms with Gasteiger partial charge in [0.05, 0.1) is 0 Å². The van der Waals surface area contributed by atoms with Crippen molar-refractivity contribution in [2.45, 2.75) is 57.7 Å². The largest absolute Gasteiger partial charge is 0.344 e. The van der Waals surface area contributed by atoms with E-state index in [0.29, 0.717) is 12.1 Å². The fraction of sp³-hybridized carbons (Fsp3) is 0.933. The van der Waals surface area contributed by atoms with E-state index in [1.807, 2.05) is 6.26 Å². The Bertz CT molecular complexity index is 308. The van der Waals surface area contributed by atoms with E-state index in [4.69, 9.17) is 0 Å². The highest BCUT2D eigenvalue weighted by Crippen LogP contribution is 2.22. The van der Waals surface area contributed by atoms with Crippen LogP contribution < -0.4 is 5.32 Å². The minimum atomic E-state index is 0.119. The monoisotopic (exact) mass is 299 g/mol. The number of amides is 1. The Morgan fingerprint density at radius 1 is 1.10 bits per heavy atom. The van der Waals surface area contributed by atoms with Gasteiger partial charge in [-0.25, -0.2) is 0 Å². The maximum Gasteiger partial charge on any atom is 0.278 e. The van der Waals surface area contributed by atoms with Gasteiger partial charge in [-0.2, -0.15) is 0 Å². The average Bonchev–Trinajstić information content (AvgIpc) is 2.48. The van der Waals surface area contributed by atoms with Crippen molar-refractivity contribution >= 4 is 17.0 Å². The van der Waals surface area contributed by atoms with Crippen molar-refractivity contribution in [1.29, 1.82) is 0 Å². The van der Waals surface area contributed by atoms with Crippen molar-refractivity contribution in [2.24, 2.45) is 0 Å². The van der Waals surface area contributed by atoms with Gasteiger partial charge in [-0.1, -0.05) is 11.8 Å². The lowest BCUT2D eigenvalue weighted by atomic mass is 9.97. The molecule has 20 heavy (non-hydrogen) atoms. The van der Waals surface area contributed by atoms with Gasteiger partial charge in [0.15, 0.2) is 0 Å². The molecule has 0 bridgehead atoms. The summed E-state index contributed by atoms with van der Waals surface area (Å²) in [6.07, 6.45) is 6.67. The van der Waals surface area contributed by atoms with E-state index in [0.717, 1.165) is 32.0 Å². The number of carbonyl (C=O) groups is 1. The van der Waals surface area contributed by atoms with Crippen LogP contribution in [0.15, 0.2) is 0 Å². The van der Waals surface area contributed by atoms with Gasteiger partial charge in [-0.15, -0.1) is 0 Å². The van der Waals surface area contributed by atoms with Gasteiger partial charge in [0.25, 0.3) is 5.24 Å². The lowest BCUT2D eigenvalue weighted by Gasteiger charge is -2.42. The second-order valence-corrected chi connectivity index (χ2v) is 7.09. The summed E-state index contributed by atoms with van der Waals surface area (Å²) in [4.78, 5) is 16.6. The van der Waals surface area contributed by atoms with Crippen molar-refractivity contribution < 1.29 is 4.79 Å². The summed E-state index contributed by atoms with van der Waals surface area (Å²) in [6.45, 7) is 9.36. The van der Waals surface area contributed by atoms with Crippen molar-refractivity contribution in [3.63, 3.8) is 0 Å². The number of nitrogens with one attached hydrogen (secondary N) is 1. The highest BCUT2D eigenvalue weighted by molar-refractivity contribution is 8.12. The second-order valence-electron chi connectivity index (χ2n) is 6.31. The number of hydrogen-bond donors (Lipinski definition) is 1. The van der Waals surface area contributed by atoms with Gasteiger partial charge < -0.3 is 15.1 Å². The second kappa shape index (κ2) is 7.66. The van der Waals surface area contributed by atoms with Crippen LogP contribution in [0, 0.1) is 0 Å². The first-order valence-electron chi connectivity index (χ1n) is 7.92. The van der Waals surface area contributed by atoms with Gasteiger partial charge in [0.1, 0.15) is 0 Å². The number of hydrogen-bond acceptors (Lipinski definition) is 4. The van der Waals surface area contributed by atoms with Crippen molar-refractivity contribution in [2.75, 3.05) is 32.4 Å². The Balaban J connectivity index is 1.71. The fourth-order valence-electron chi connectivity index (χ4n) is 3.40. The molecule has 1 amide bonds. The summed E-state index contributed by atoms with van der Waals surface area (Å²) < 4.78 is 0. The fourth-order valence-corrected chi connectivity index (χ4v) is 3.69. The molecule has 0 aromatic rings. The molecule has 2 aliphatic heterocycles. The van der Waals surface area contributed by atoms with Gasteiger partial charge in [-0.05, 0) is 58.9 Å². The standard InChI is InChI=1S/C15H29N3OS/c1-12(2)17-10-6-14(7-11-17)18-8-4-13(5-9-18)16-15(19)20-3/h12-14H,4-11H2,1-3H3,(H,16,19). The Morgan fingerprint density at radius 2 is 1.70 bits per heavy atom. The lowest BCUT2D eigenvalue weighted by Crippen LogP contribution is -2.51. The quantitative estimate of drug-likeness (QED) is 0.868. The molecule has 1 N–H and O–H groups in total. The molecular formula is C15H29N3OS. The molecular weight excluding hydrogens is 270 g/mol. The first kappa shape index (κ1) is 16.1. The predicted octanol–water partition coefficient (Wildman–Crippen LogP) is 2.40. The number of thioether (sulfide) groups is 1. The highest BCUT2D eigenvalue weighted by atomic mass is 32.2. The minimum absolute atomic E-state index is 0.119. The molecule has 0 aromatic heterocycles. The van der Waals surface area contributed by atoms with E-state index in [-0.39, 0.29) is 5.24 Å². The summed E-state index contributed by atoms with van der Waals surface area (Å²) in [6, 6.07) is 1.84. The number of nitrogens with zero attached hydrogens (tertiary/aromatic N) is 2. The molecule has 2 rings (SSSR count). The van der Waals surface area contributed by atoms with Crippen molar-refractivity contribution in [3.05, 3.63) is 0 Å². The predicted molar refractivity (Wildman–Crippen MR) is 86.4 cm³/mol. The zero-order chi connectivity index (χ0) is 14.5. The molecule has 0 atom stereocenters. The van der Waals surface area contributed by atoms with Crippen LogP contribution in [0.25, 0.3) is 0 Å². The molecule has 116 valence electrons. The number of piperidine rings is 2. The van der Waals surface area contributed by atoms with E-state index >= 15 is 0 Å². The van der Waals surface area contributed by atoms with Crippen LogP contribution in [0.4, 0.5) is 4.79 Å². The van der Waals surface area contributed by atoms with Crippen LogP contribution >= 0.6 is 11.8 Å². The average molecular weight is 299 g/mol. The third kappa shape index (κ3) is 4.37. The number of carbonyl (C=O) groups excluding carboxylic acids is 1. The highest BCUT2D eigenvalue weighted by Gasteiger charge is 2.29. The van der Waals surface area contributed by atoms with Gasteiger partial charge >= 0.3 is 0 Å². The molecule has 4 nitrogen and oxygen atoms in total. The molecule has 0 aromatic carbocycles. The van der Waals surface area contributed by atoms with Crippen LogP contribution in [0.3, 0.4) is 0 Å². The molecule has 2 aliphatic rings. The van der Waals surface area contributed by atoms with E-state index in [1.165, 1.54) is 37.7 Å². The summed E-state index contributed by atoms with van der Waals surface area (Å²) in [5, 5.41) is 3.22. The molecule has 2 heterocycles. The zero-order valence-corrected chi connectivity index (χ0v) is 13.9. The molecule has 0 aliphatic carbocycles. The third-order valence-corrected chi connectivity index (χ3v) is 5.27. The number of rotatable bonds is 3. The van der Waals surface area contributed by atoms with Crippen LogP contribution in [0.1, 0.15) is 39.5 Å². The zero-order valence-electron chi connectivity index (χ0n) is 13.1. The summed E-state index contributed by atoms with van der Waals surface area (Å²) in [7, 11) is 0. The van der Waals surface area contributed by atoms with Crippen LogP contribution in [0.2, 0.25) is 0 Å². The van der Waals surface area contributed by atoms with Crippen molar-refractivity contribution in [3.8, 4) is 0 Å². The summed E-state index contributed by atoms with van der Waals surface area (Å²) in [5.41, 5.74) is 0. The topological polar surface area (TPSA) is 35.6 Å². The van der Waals surface area contributed by atoms with Gasteiger partial charge in [0, 0.05) is 31.2 Å². The molecule has 0 radical (unpaired) electrons. The van der Waals surface area contributed by atoms with Gasteiger partial charge in [-0.3, -0.25) is 4.79 Å². The van der Waals surface area contributed by atoms with Crippen LogP contribution in [-0.4, -0.2) is 65.6 Å². The van der Waals surface area contributed by atoms with E-state index in [2.05, 4.69) is 29.0 Å². The first-order chi connectivity index (χ1) is 9.60. The first-order valence-corrected chi connectivity index (χ1v) is 9.15.